The Morgan fingerprint density at radius 3 is 2.54 bits per heavy atom. The predicted molar refractivity (Wildman–Crippen MR) is 112 cm³/mol. The maximum Gasteiger partial charge on any atom is 0.176 e. The molecule has 0 aliphatic rings. The van der Waals surface area contributed by atoms with E-state index in [1.807, 2.05) is 6.20 Å². The molecule has 3 rings (SSSR count). The highest BCUT2D eigenvalue weighted by Gasteiger charge is 2.09. The highest BCUT2D eigenvalue weighted by Crippen LogP contribution is 2.25. The third-order valence-corrected chi connectivity index (χ3v) is 4.91. The van der Waals surface area contributed by atoms with Gasteiger partial charge in [-0.05, 0) is 64.0 Å². The zero-order chi connectivity index (χ0) is 18.7. The second kappa shape index (κ2) is 8.35. The Morgan fingerprint density at radius 1 is 1.12 bits per heavy atom. The van der Waals surface area contributed by atoms with Gasteiger partial charge in [0.1, 0.15) is 5.82 Å². The summed E-state index contributed by atoms with van der Waals surface area (Å²) in [6, 6.07) is 11.4. The van der Waals surface area contributed by atoms with Gasteiger partial charge in [-0.1, -0.05) is 35.3 Å². The summed E-state index contributed by atoms with van der Waals surface area (Å²) in [6.07, 6.45) is 1.81. The first-order valence-corrected chi connectivity index (χ1v) is 9.37. The molecule has 0 bridgehead atoms. The zero-order valence-corrected chi connectivity index (χ0v) is 17.1. The van der Waals surface area contributed by atoms with Crippen LogP contribution < -0.4 is 10.6 Å². The number of thiocarbonyl (C=S) groups is 1. The fourth-order valence-corrected chi connectivity index (χ4v) is 3.11. The molecule has 0 aliphatic heterocycles. The predicted octanol–water partition coefficient (Wildman–Crippen LogP) is 5.95. The SMILES string of the molecule is Fc1ccc(Cn2cc(Br)c(NC(=S)Nc3ccc(Cl)c(Cl)c3)n2)cc1. The van der Waals surface area contributed by atoms with Crippen LogP contribution in [0.2, 0.25) is 10.0 Å². The minimum Gasteiger partial charge on any atom is -0.332 e. The molecule has 2 aromatic carbocycles. The van der Waals surface area contributed by atoms with Crippen LogP contribution in [0.5, 0.6) is 0 Å². The maximum atomic E-state index is 13.0. The molecule has 4 nitrogen and oxygen atoms in total. The number of nitrogens with one attached hydrogen (secondary N) is 2. The molecule has 0 unspecified atom stereocenters. The number of halogens is 4. The van der Waals surface area contributed by atoms with Crippen molar-refractivity contribution >= 4 is 68.0 Å². The molecular formula is C17H12BrCl2FN4S. The summed E-state index contributed by atoms with van der Waals surface area (Å²) in [5, 5.41) is 11.7. The van der Waals surface area contributed by atoms with E-state index in [9.17, 15) is 4.39 Å². The lowest BCUT2D eigenvalue weighted by molar-refractivity contribution is 0.624. The Balaban J connectivity index is 1.65. The van der Waals surface area contributed by atoms with E-state index < -0.39 is 0 Å². The number of hydrogen-bond acceptors (Lipinski definition) is 2. The Hall–Kier alpha value is -1.67. The largest absolute Gasteiger partial charge is 0.332 e. The molecule has 0 saturated carbocycles. The molecule has 3 aromatic rings. The molecule has 0 atom stereocenters. The molecule has 1 aromatic heterocycles. The molecule has 9 heteroatoms. The first kappa shape index (κ1) is 19.1. The summed E-state index contributed by atoms with van der Waals surface area (Å²) in [5.41, 5.74) is 1.64. The fraction of sp³-hybridized carbons (Fsp3) is 0.0588. The van der Waals surface area contributed by atoms with Crippen LogP contribution in [0.25, 0.3) is 0 Å². The third kappa shape index (κ3) is 4.94. The highest BCUT2D eigenvalue weighted by molar-refractivity contribution is 9.10. The molecule has 0 radical (unpaired) electrons. The van der Waals surface area contributed by atoms with Gasteiger partial charge in [0.15, 0.2) is 10.9 Å². The molecule has 2 N–H and O–H groups in total. The lowest BCUT2D eigenvalue weighted by Crippen LogP contribution is -2.19. The van der Waals surface area contributed by atoms with Gasteiger partial charge in [-0.25, -0.2) is 4.39 Å². The van der Waals surface area contributed by atoms with Crippen LogP contribution in [0.4, 0.5) is 15.9 Å². The molecular weight excluding hydrogens is 462 g/mol. The van der Waals surface area contributed by atoms with Gasteiger partial charge >= 0.3 is 0 Å². The van der Waals surface area contributed by atoms with Gasteiger partial charge in [0.2, 0.25) is 0 Å². The van der Waals surface area contributed by atoms with Crippen LogP contribution in [0.15, 0.2) is 53.1 Å². The number of hydrogen-bond donors (Lipinski definition) is 2. The van der Waals surface area contributed by atoms with Crippen molar-refractivity contribution in [3.8, 4) is 0 Å². The second-order valence-corrected chi connectivity index (χ2v) is 7.43. The smallest absolute Gasteiger partial charge is 0.176 e. The average Bonchev–Trinajstić information content (AvgIpc) is 2.92. The molecule has 0 spiro atoms. The quantitative estimate of drug-likeness (QED) is 0.459. The number of nitrogens with zero attached hydrogens (tertiary/aromatic N) is 2. The summed E-state index contributed by atoms with van der Waals surface area (Å²) in [6.45, 7) is 0.507. The van der Waals surface area contributed by atoms with Crippen molar-refractivity contribution in [3.63, 3.8) is 0 Å². The minimum atomic E-state index is -0.267. The van der Waals surface area contributed by atoms with Crippen molar-refractivity contribution in [2.75, 3.05) is 10.6 Å². The van der Waals surface area contributed by atoms with Crippen LogP contribution in [0.1, 0.15) is 5.56 Å². The number of benzene rings is 2. The third-order valence-electron chi connectivity index (χ3n) is 3.38. The lowest BCUT2D eigenvalue weighted by atomic mass is 10.2. The standard InChI is InChI=1S/C17H12BrCl2FN4S/c18-13-9-25(8-10-1-3-11(21)4-2-10)24-16(13)23-17(26)22-12-5-6-14(19)15(20)7-12/h1-7,9H,8H2,(H2,22,23,24,26). The summed E-state index contributed by atoms with van der Waals surface area (Å²) in [4.78, 5) is 0. The second-order valence-electron chi connectivity index (χ2n) is 5.36. The van der Waals surface area contributed by atoms with E-state index in [0.717, 1.165) is 10.0 Å². The zero-order valence-electron chi connectivity index (χ0n) is 13.1. The molecule has 0 amide bonds. The monoisotopic (exact) mass is 472 g/mol. The lowest BCUT2D eigenvalue weighted by Gasteiger charge is -2.09. The van der Waals surface area contributed by atoms with E-state index in [-0.39, 0.29) is 5.82 Å². The molecule has 0 aliphatic carbocycles. The van der Waals surface area contributed by atoms with Crippen molar-refractivity contribution in [1.29, 1.82) is 0 Å². The van der Waals surface area contributed by atoms with Crippen molar-refractivity contribution in [3.05, 3.63) is 74.6 Å². The Labute approximate surface area is 173 Å². The minimum absolute atomic E-state index is 0.267. The van der Waals surface area contributed by atoms with Crippen LogP contribution in [-0.4, -0.2) is 14.9 Å². The Bertz CT molecular complexity index is 946. The highest BCUT2D eigenvalue weighted by atomic mass is 79.9. The van der Waals surface area contributed by atoms with Gasteiger partial charge in [0.05, 0.1) is 21.1 Å². The van der Waals surface area contributed by atoms with Gasteiger partial charge in [0.25, 0.3) is 0 Å². The molecule has 1 heterocycles. The van der Waals surface area contributed by atoms with Gasteiger partial charge < -0.3 is 10.6 Å². The van der Waals surface area contributed by atoms with Crippen molar-refractivity contribution in [2.24, 2.45) is 0 Å². The van der Waals surface area contributed by atoms with Gasteiger partial charge in [0, 0.05) is 11.9 Å². The topological polar surface area (TPSA) is 41.9 Å². The van der Waals surface area contributed by atoms with Crippen molar-refractivity contribution in [2.45, 2.75) is 6.54 Å². The Morgan fingerprint density at radius 2 is 1.85 bits per heavy atom. The van der Waals surface area contributed by atoms with Gasteiger partial charge in [-0.15, -0.1) is 0 Å². The molecule has 0 fully saturated rings. The van der Waals surface area contributed by atoms with E-state index in [1.54, 1.807) is 35.0 Å². The van der Waals surface area contributed by atoms with E-state index >= 15 is 0 Å². The summed E-state index contributed by atoms with van der Waals surface area (Å²) >= 11 is 20.6. The number of aromatic nitrogens is 2. The summed E-state index contributed by atoms with van der Waals surface area (Å²) < 4.78 is 15.5. The van der Waals surface area contributed by atoms with E-state index in [0.29, 0.717) is 33.2 Å². The van der Waals surface area contributed by atoms with E-state index in [1.165, 1.54) is 12.1 Å². The molecule has 134 valence electrons. The molecule has 0 saturated heterocycles. The molecule has 26 heavy (non-hydrogen) atoms. The van der Waals surface area contributed by atoms with Crippen molar-refractivity contribution < 1.29 is 4.39 Å². The first-order chi connectivity index (χ1) is 12.4. The first-order valence-electron chi connectivity index (χ1n) is 7.41. The average molecular weight is 474 g/mol. The van der Waals surface area contributed by atoms with Crippen LogP contribution in [0.3, 0.4) is 0 Å². The van der Waals surface area contributed by atoms with E-state index in [2.05, 4.69) is 31.7 Å². The normalized spacial score (nSPS) is 10.6. The van der Waals surface area contributed by atoms with Gasteiger partial charge in [-0.3, -0.25) is 4.68 Å². The van der Waals surface area contributed by atoms with Crippen molar-refractivity contribution in [1.82, 2.24) is 9.78 Å². The van der Waals surface area contributed by atoms with Crippen LogP contribution in [-0.2, 0) is 6.54 Å². The van der Waals surface area contributed by atoms with Gasteiger partial charge in [-0.2, -0.15) is 5.10 Å². The Kier molecular flexibility index (Phi) is 6.13. The van der Waals surface area contributed by atoms with Crippen LogP contribution >= 0.6 is 51.3 Å². The summed E-state index contributed by atoms with van der Waals surface area (Å²) in [7, 11) is 0. The number of rotatable bonds is 4. The number of anilines is 2. The van der Waals surface area contributed by atoms with E-state index in [4.69, 9.17) is 35.4 Å². The van der Waals surface area contributed by atoms with Crippen LogP contribution in [0, 0.1) is 5.82 Å². The summed E-state index contributed by atoms with van der Waals surface area (Å²) in [5.74, 6) is 0.293. The maximum absolute atomic E-state index is 13.0. The fourth-order valence-electron chi connectivity index (χ4n) is 2.18.